The van der Waals surface area contributed by atoms with Crippen LogP contribution in [0.2, 0.25) is 5.02 Å². The number of hydrogen-bond acceptors (Lipinski definition) is 2. The lowest BCUT2D eigenvalue weighted by atomic mass is 10.0. The summed E-state index contributed by atoms with van der Waals surface area (Å²) in [5.41, 5.74) is 1.75. The number of hydrogen-bond donors (Lipinski definition) is 1. The van der Waals surface area contributed by atoms with Crippen LogP contribution in [-0.4, -0.2) is 37.0 Å². The van der Waals surface area contributed by atoms with Gasteiger partial charge in [0.15, 0.2) is 0 Å². The van der Waals surface area contributed by atoms with Crippen molar-refractivity contribution >= 4 is 17.5 Å². The minimum absolute atomic E-state index is 0.120. The first-order valence-electron chi connectivity index (χ1n) is 6.40. The molecule has 0 radical (unpaired) electrons. The molecule has 1 N–H and O–H groups in total. The second kappa shape index (κ2) is 4.56. The molecule has 96 valence electrons. The quantitative estimate of drug-likeness (QED) is 0.841. The van der Waals surface area contributed by atoms with Gasteiger partial charge < -0.3 is 10.2 Å². The number of rotatable bonds is 1. The van der Waals surface area contributed by atoms with Crippen molar-refractivity contribution in [3.8, 4) is 0 Å². The first kappa shape index (κ1) is 12.0. The number of nitrogens with zero attached hydrogens (tertiary/aromatic N) is 1. The molecule has 18 heavy (non-hydrogen) atoms. The van der Waals surface area contributed by atoms with Crippen molar-refractivity contribution in [3.05, 3.63) is 34.3 Å². The average molecular weight is 265 g/mol. The van der Waals surface area contributed by atoms with E-state index in [1.165, 1.54) is 0 Å². The molecule has 2 fully saturated rings. The summed E-state index contributed by atoms with van der Waals surface area (Å²) in [6.07, 6.45) is 0. The highest BCUT2D eigenvalue weighted by Gasteiger charge is 2.38. The molecule has 0 bridgehead atoms. The second-order valence-electron chi connectivity index (χ2n) is 5.41. The lowest BCUT2D eigenvalue weighted by Crippen LogP contribution is -2.31. The summed E-state index contributed by atoms with van der Waals surface area (Å²) in [5, 5.41) is 4.02. The Hall–Kier alpha value is -1.06. The number of carbonyl (C=O) groups excluding carboxylic acids is 1. The van der Waals surface area contributed by atoms with Crippen molar-refractivity contribution in [1.29, 1.82) is 0 Å². The number of benzene rings is 1. The summed E-state index contributed by atoms with van der Waals surface area (Å²) in [5.74, 6) is 1.39. The molecule has 0 aromatic heterocycles. The summed E-state index contributed by atoms with van der Waals surface area (Å²) in [4.78, 5) is 14.4. The van der Waals surface area contributed by atoms with Gasteiger partial charge in [-0.3, -0.25) is 4.79 Å². The number of aryl methyl sites for hydroxylation is 1. The maximum absolute atomic E-state index is 12.4. The maximum Gasteiger partial charge on any atom is 0.253 e. The van der Waals surface area contributed by atoms with Gasteiger partial charge in [-0.15, -0.1) is 0 Å². The predicted molar refractivity (Wildman–Crippen MR) is 71.9 cm³/mol. The fourth-order valence-corrected chi connectivity index (χ4v) is 3.35. The summed E-state index contributed by atoms with van der Waals surface area (Å²) in [6.45, 7) is 5.81. The van der Waals surface area contributed by atoms with Crippen LogP contribution in [0.15, 0.2) is 18.2 Å². The summed E-state index contributed by atoms with van der Waals surface area (Å²) in [7, 11) is 0. The molecule has 0 unspecified atom stereocenters. The lowest BCUT2D eigenvalue weighted by Gasteiger charge is -2.18. The van der Waals surface area contributed by atoms with Gasteiger partial charge >= 0.3 is 0 Å². The predicted octanol–water partition coefficient (Wildman–Crippen LogP) is 1.94. The molecule has 2 aliphatic rings. The molecule has 3 rings (SSSR count). The van der Waals surface area contributed by atoms with Crippen molar-refractivity contribution in [1.82, 2.24) is 10.2 Å². The number of nitrogens with one attached hydrogen (secondary N) is 1. The Morgan fingerprint density at radius 1 is 1.28 bits per heavy atom. The van der Waals surface area contributed by atoms with E-state index in [0.29, 0.717) is 22.4 Å². The molecule has 1 amide bonds. The fraction of sp³-hybridized carbons (Fsp3) is 0.500. The standard InChI is InChI=1S/C14H17ClN2O/c1-9-2-10(4-13(15)3-9)14(18)17-7-11-5-16-6-12(11)8-17/h2-4,11-12,16H,5-8H2,1H3/t11-,12+. The molecule has 2 heterocycles. The number of likely N-dealkylation sites (tertiary alicyclic amines) is 1. The molecule has 0 aliphatic carbocycles. The van der Waals surface area contributed by atoms with E-state index in [-0.39, 0.29) is 5.91 Å². The maximum atomic E-state index is 12.4. The average Bonchev–Trinajstić information content (AvgIpc) is 2.86. The van der Waals surface area contributed by atoms with Crippen molar-refractivity contribution in [2.45, 2.75) is 6.92 Å². The van der Waals surface area contributed by atoms with Crippen LogP contribution in [0.1, 0.15) is 15.9 Å². The van der Waals surface area contributed by atoms with Gasteiger partial charge in [-0.25, -0.2) is 0 Å². The van der Waals surface area contributed by atoms with Gasteiger partial charge in [-0.1, -0.05) is 11.6 Å². The molecule has 3 nitrogen and oxygen atoms in total. The van der Waals surface area contributed by atoms with E-state index in [1.54, 1.807) is 6.07 Å². The molecule has 0 saturated carbocycles. The molecule has 1 aromatic rings. The molecule has 4 heteroatoms. The molecule has 0 spiro atoms. The molecule has 1 aromatic carbocycles. The van der Waals surface area contributed by atoms with E-state index in [0.717, 1.165) is 31.7 Å². The van der Waals surface area contributed by atoms with Gasteiger partial charge in [0.1, 0.15) is 0 Å². The van der Waals surface area contributed by atoms with Crippen LogP contribution in [0.25, 0.3) is 0 Å². The first-order chi connectivity index (χ1) is 8.63. The van der Waals surface area contributed by atoms with Crippen molar-refractivity contribution in [2.24, 2.45) is 11.8 Å². The smallest absolute Gasteiger partial charge is 0.253 e. The van der Waals surface area contributed by atoms with Gasteiger partial charge in [0, 0.05) is 36.8 Å². The van der Waals surface area contributed by atoms with Crippen LogP contribution < -0.4 is 5.32 Å². The third-order valence-electron chi connectivity index (χ3n) is 3.97. The first-order valence-corrected chi connectivity index (χ1v) is 6.78. The Morgan fingerprint density at radius 2 is 1.94 bits per heavy atom. The number of halogens is 1. The van der Waals surface area contributed by atoms with Gasteiger partial charge in [0.05, 0.1) is 0 Å². The van der Waals surface area contributed by atoms with Crippen molar-refractivity contribution < 1.29 is 4.79 Å². The Labute approximate surface area is 112 Å². The van der Waals surface area contributed by atoms with Crippen LogP contribution in [0, 0.1) is 18.8 Å². The van der Waals surface area contributed by atoms with Gasteiger partial charge in [-0.2, -0.15) is 0 Å². The van der Waals surface area contributed by atoms with Crippen LogP contribution in [-0.2, 0) is 0 Å². The van der Waals surface area contributed by atoms with Crippen LogP contribution in [0.5, 0.6) is 0 Å². The van der Waals surface area contributed by atoms with Crippen molar-refractivity contribution in [2.75, 3.05) is 26.2 Å². The minimum atomic E-state index is 0.120. The van der Waals surface area contributed by atoms with E-state index in [9.17, 15) is 4.79 Å². The minimum Gasteiger partial charge on any atom is -0.338 e. The number of carbonyl (C=O) groups is 1. The van der Waals surface area contributed by atoms with Gasteiger partial charge in [0.25, 0.3) is 5.91 Å². The Bertz CT molecular complexity index is 456. The van der Waals surface area contributed by atoms with Crippen molar-refractivity contribution in [3.63, 3.8) is 0 Å². The van der Waals surface area contributed by atoms with Crippen LogP contribution in [0.4, 0.5) is 0 Å². The topological polar surface area (TPSA) is 32.3 Å². The third-order valence-corrected chi connectivity index (χ3v) is 4.18. The van der Waals surface area contributed by atoms with E-state index in [4.69, 9.17) is 11.6 Å². The van der Waals surface area contributed by atoms with Gasteiger partial charge in [-0.05, 0) is 42.5 Å². The highest BCUT2D eigenvalue weighted by molar-refractivity contribution is 6.31. The summed E-state index contributed by atoms with van der Waals surface area (Å²) >= 11 is 6.02. The zero-order valence-corrected chi connectivity index (χ0v) is 11.2. The number of fused-ring (bicyclic) bond motifs is 1. The SMILES string of the molecule is Cc1cc(Cl)cc(C(=O)N2C[C@H]3CNC[C@H]3C2)c1. The Balaban J connectivity index is 1.78. The zero-order chi connectivity index (χ0) is 12.7. The zero-order valence-electron chi connectivity index (χ0n) is 10.4. The second-order valence-corrected chi connectivity index (χ2v) is 5.84. The molecular formula is C14H17ClN2O. The molecule has 2 aliphatic heterocycles. The number of amides is 1. The van der Waals surface area contributed by atoms with E-state index < -0.39 is 0 Å². The highest BCUT2D eigenvalue weighted by atomic mass is 35.5. The monoisotopic (exact) mass is 264 g/mol. The molecule has 2 atom stereocenters. The summed E-state index contributed by atoms with van der Waals surface area (Å²) < 4.78 is 0. The molecule has 2 saturated heterocycles. The normalized spacial score (nSPS) is 26.4. The Kier molecular flexibility index (Phi) is 3.04. The van der Waals surface area contributed by atoms with Crippen LogP contribution in [0.3, 0.4) is 0 Å². The largest absolute Gasteiger partial charge is 0.338 e. The van der Waals surface area contributed by atoms with E-state index >= 15 is 0 Å². The van der Waals surface area contributed by atoms with E-state index in [1.807, 2.05) is 24.0 Å². The molecular weight excluding hydrogens is 248 g/mol. The van der Waals surface area contributed by atoms with Gasteiger partial charge in [0.2, 0.25) is 0 Å². The van der Waals surface area contributed by atoms with Crippen LogP contribution >= 0.6 is 11.6 Å². The third kappa shape index (κ3) is 2.13. The highest BCUT2D eigenvalue weighted by Crippen LogP contribution is 2.28. The van der Waals surface area contributed by atoms with E-state index in [2.05, 4.69) is 5.32 Å². The Morgan fingerprint density at radius 3 is 2.56 bits per heavy atom. The lowest BCUT2D eigenvalue weighted by molar-refractivity contribution is 0.0781. The summed E-state index contributed by atoms with van der Waals surface area (Å²) in [6, 6.07) is 5.56. The fourth-order valence-electron chi connectivity index (χ4n) is 3.06.